The zero-order valence-electron chi connectivity index (χ0n) is 42.6. The normalized spacial score (nSPS) is 12.6. The predicted molar refractivity (Wildman–Crippen MR) is 276 cm³/mol. The minimum absolute atomic E-state index is 0.208. The molecule has 0 amide bonds. The van der Waals surface area contributed by atoms with Crippen molar-refractivity contribution < 1.29 is 23.1 Å². The van der Waals surface area contributed by atoms with Gasteiger partial charge in [0.15, 0.2) is 0 Å². The smallest absolute Gasteiger partial charge is 0.236 e. The van der Waals surface area contributed by atoms with Crippen molar-refractivity contribution in [3.63, 3.8) is 0 Å². The molecule has 63 heavy (non-hydrogen) atoms. The van der Waals surface area contributed by atoms with Gasteiger partial charge in [0.1, 0.15) is 23.0 Å². The Hall–Kier alpha value is -3.53. The summed E-state index contributed by atoms with van der Waals surface area (Å²) in [5.74, 6) is 3.71. The van der Waals surface area contributed by atoms with E-state index in [0.717, 1.165) is 74.4 Å². The quantitative estimate of drug-likeness (QED) is 0.0581. The van der Waals surface area contributed by atoms with Gasteiger partial charge in [0.05, 0.1) is 26.4 Å². The maximum atomic E-state index is 8.68. The van der Waals surface area contributed by atoms with Gasteiger partial charge in [0, 0.05) is 20.7 Å². The lowest BCUT2D eigenvalue weighted by Crippen LogP contribution is -2.61. The Morgan fingerprint density at radius 1 is 0.333 bits per heavy atom. The van der Waals surface area contributed by atoms with Crippen molar-refractivity contribution in [3.8, 4) is 23.0 Å². The van der Waals surface area contributed by atoms with E-state index < -0.39 is 18.1 Å². The third-order valence-electron chi connectivity index (χ3n) is 11.8. The van der Waals surface area contributed by atoms with Crippen LogP contribution in [0, 0.1) is 0 Å². The van der Waals surface area contributed by atoms with E-state index in [0.29, 0.717) is 26.4 Å². The van der Waals surface area contributed by atoms with Crippen LogP contribution in [-0.2, 0) is 25.8 Å². The molecule has 0 aliphatic carbocycles. The minimum atomic E-state index is -2.86. The first-order valence-electron chi connectivity index (χ1n) is 24.4. The van der Waals surface area contributed by atoms with Crippen molar-refractivity contribution in [3.05, 3.63) is 95.1 Å². The summed E-state index contributed by atoms with van der Waals surface area (Å²) in [5, 5.41) is 4.83. The van der Waals surface area contributed by atoms with Gasteiger partial charge in [0.25, 0.3) is 0 Å². The third-order valence-corrected chi connectivity index (χ3v) is 18.5. The molecule has 5 nitrogen and oxygen atoms in total. The zero-order valence-corrected chi connectivity index (χ0v) is 44.9. The van der Waals surface area contributed by atoms with Crippen molar-refractivity contribution in [2.45, 2.75) is 184 Å². The lowest BCUT2D eigenvalue weighted by molar-refractivity contribution is 0.309. The molecule has 348 valence electrons. The second kappa shape index (κ2) is 23.1. The van der Waals surface area contributed by atoms with E-state index >= 15 is 0 Å². The van der Waals surface area contributed by atoms with E-state index in [1.807, 2.05) is 0 Å². The first-order valence-corrected chi connectivity index (χ1v) is 27.7. The molecule has 0 unspecified atom stereocenters. The van der Waals surface area contributed by atoms with Gasteiger partial charge in [-0.2, -0.15) is 0 Å². The average Bonchev–Trinajstić information content (AvgIpc) is 3.20. The standard InChI is InChI=1S/C56H86O5Si2/c1-17-21-37-57-45-33-25-29-41(53(5,6)7)49(45)62(50-42(54(8,9)10)30-26-34-46(50)58-38-22-18-2)61-63(51-43(55(11,12)13)31-27-35-47(51)59-39-23-19-3)52-44(56(14,15)16)32-28-36-48(52)60-40-24-20-4/h25-36,62-63H,17-24,37-40H2,1-16H3. The molecule has 4 rings (SSSR count). The van der Waals surface area contributed by atoms with Gasteiger partial charge in [-0.05, 0) is 93.9 Å². The van der Waals surface area contributed by atoms with Gasteiger partial charge in [-0.1, -0.05) is 185 Å². The highest BCUT2D eigenvalue weighted by atomic mass is 28.4. The fourth-order valence-corrected chi connectivity index (χ4v) is 17.2. The summed E-state index contributed by atoms with van der Waals surface area (Å²) in [4.78, 5) is 0. The predicted octanol–water partition coefficient (Wildman–Crippen LogP) is 12.0. The Bertz CT molecular complexity index is 1740. The fourth-order valence-electron chi connectivity index (χ4n) is 8.38. The Kier molecular flexibility index (Phi) is 19.1. The number of hydrogen-bond acceptors (Lipinski definition) is 5. The van der Waals surface area contributed by atoms with E-state index in [4.69, 9.17) is 23.1 Å². The van der Waals surface area contributed by atoms with Gasteiger partial charge in [-0.3, -0.25) is 0 Å². The average molecular weight is 895 g/mol. The maximum absolute atomic E-state index is 8.68. The molecule has 0 aliphatic rings. The van der Waals surface area contributed by atoms with Gasteiger partial charge in [-0.25, -0.2) is 0 Å². The fraction of sp³-hybridized carbons (Fsp3) is 0.571. The van der Waals surface area contributed by atoms with Crippen molar-refractivity contribution >= 4 is 38.8 Å². The van der Waals surface area contributed by atoms with Crippen LogP contribution in [0.15, 0.2) is 72.8 Å². The summed E-state index contributed by atoms with van der Waals surface area (Å²) in [6.45, 7) is 39.5. The molecule has 0 fully saturated rings. The Balaban J connectivity index is 2.35. The third kappa shape index (κ3) is 13.7. The summed E-state index contributed by atoms with van der Waals surface area (Å²) in [6.07, 6.45) is 8.11. The number of ether oxygens (including phenoxy) is 4. The highest BCUT2D eigenvalue weighted by Crippen LogP contribution is 2.33. The van der Waals surface area contributed by atoms with E-state index in [1.165, 1.54) is 43.0 Å². The van der Waals surface area contributed by atoms with Crippen LogP contribution in [0.1, 0.15) is 184 Å². The van der Waals surface area contributed by atoms with Crippen LogP contribution >= 0.6 is 0 Å². The SMILES string of the molecule is CCCCOc1cccc(C(C)(C)C)c1[SiH](O[SiH](c1c(OCCCC)cccc1C(C)(C)C)c1c(OCCCC)cccc1C(C)(C)C)c1c(OCCCC)cccc1C(C)(C)C. The molecule has 0 saturated carbocycles. The molecule has 0 heterocycles. The monoisotopic (exact) mass is 895 g/mol. The van der Waals surface area contributed by atoms with Crippen LogP contribution in [0.25, 0.3) is 0 Å². The second-order valence-electron chi connectivity index (χ2n) is 21.6. The molecule has 0 N–H and O–H groups in total. The summed E-state index contributed by atoms with van der Waals surface area (Å²) in [7, 11) is -5.73. The molecule has 0 saturated heterocycles. The summed E-state index contributed by atoms with van der Waals surface area (Å²) in [5.41, 5.74) is 4.21. The number of hydrogen-bond donors (Lipinski definition) is 0. The molecule has 4 aromatic carbocycles. The van der Waals surface area contributed by atoms with Crippen LogP contribution < -0.4 is 39.7 Å². The van der Waals surface area contributed by atoms with Crippen LogP contribution in [0.5, 0.6) is 23.0 Å². The lowest BCUT2D eigenvalue weighted by Gasteiger charge is -2.38. The van der Waals surface area contributed by atoms with E-state index in [2.05, 4.69) is 184 Å². The highest BCUT2D eigenvalue weighted by molar-refractivity contribution is 6.93. The molecular weight excluding hydrogens is 809 g/mol. The summed E-state index contributed by atoms with van der Waals surface area (Å²) < 4.78 is 36.6. The topological polar surface area (TPSA) is 46.2 Å². The first kappa shape index (κ1) is 52.1. The number of rotatable bonds is 22. The van der Waals surface area contributed by atoms with Gasteiger partial charge in [0.2, 0.25) is 18.1 Å². The van der Waals surface area contributed by atoms with E-state index in [1.54, 1.807) is 0 Å². The largest absolute Gasteiger partial charge is 0.494 e. The van der Waals surface area contributed by atoms with Crippen molar-refractivity contribution in [1.29, 1.82) is 0 Å². The highest BCUT2D eigenvalue weighted by Gasteiger charge is 2.42. The molecule has 0 radical (unpaired) electrons. The lowest BCUT2D eigenvalue weighted by atomic mass is 9.86. The number of benzene rings is 4. The van der Waals surface area contributed by atoms with Crippen LogP contribution in [0.2, 0.25) is 0 Å². The van der Waals surface area contributed by atoms with E-state index in [-0.39, 0.29) is 21.7 Å². The van der Waals surface area contributed by atoms with Crippen LogP contribution in [0.3, 0.4) is 0 Å². The zero-order chi connectivity index (χ0) is 46.6. The number of unbranched alkanes of at least 4 members (excludes halogenated alkanes) is 4. The van der Waals surface area contributed by atoms with Crippen LogP contribution in [-0.4, -0.2) is 44.5 Å². The second-order valence-corrected chi connectivity index (χ2v) is 26.5. The van der Waals surface area contributed by atoms with Crippen LogP contribution in [0.4, 0.5) is 0 Å². The molecule has 7 heteroatoms. The maximum Gasteiger partial charge on any atom is 0.236 e. The molecule has 0 aromatic heterocycles. The van der Waals surface area contributed by atoms with Gasteiger partial charge >= 0.3 is 0 Å². The van der Waals surface area contributed by atoms with Crippen molar-refractivity contribution in [2.24, 2.45) is 0 Å². The summed E-state index contributed by atoms with van der Waals surface area (Å²) >= 11 is 0. The van der Waals surface area contributed by atoms with Crippen molar-refractivity contribution in [2.75, 3.05) is 26.4 Å². The minimum Gasteiger partial charge on any atom is -0.494 e. The summed E-state index contributed by atoms with van der Waals surface area (Å²) in [6, 6.07) is 26.8. The Labute approximate surface area is 388 Å². The van der Waals surface area contributed by atoms with E-state index in [9.17, 15) is 0 Å². The molecule has 0 aliphatic heterocycles. The Morgan fingerprint density at radius 2 is 0.540 bits per heavy atom. The molecule has 0 atom stereocenters. The molecular formula is C56H86O5Si2. The van der Waals surface area contributed by atoms with Gasteiger partial charge < -0.3 is 23.1 Å². The molecule has 4 aromatic rings. The van der Waals surface area contributed by atoms with Gasteiger partial charge in [-0.15, -0.1) is 0 Å². The Morgan fingerprint density at radius 3 is 0.714 bits per heavy atom. The molecule has 0 spiro atoms. The molecule has 0 bridgehead atoms. The first-order chi connectivity index (χ1) is 29.7. The van der Waals surface area contributed by atoms with Crippen molar-refractivity contribution in [1.82, 2.24) is 0 Å².